The quantitative estimate of drug-likeness (QED) is 0.481. The summed E-state index contributed by atoms with van der Waals surface area (Å²) in [5.74, 6) is -0.0218. The summed E-state index contributed by atoms with van der Waals surface area (Å²) in [7, 11) is 0. The van der Waals surface area contributed by atoms with E-state index in [1.54, 1.807) is 0 Å². The fourth-order valence-corrected chi connectivity index (χ4v) is 4.65. The van der Waals surface area contributed by atoms with Gasteiger partial charge in [0.25, 0.3) is 0 Å². The van der Waals surface area contributed by atoms with Gasteiger partial charge in [0.1, 0.15) is 5.60 Å². The summed E-state index contributed by atoms with van der Waals surface area (Å²) in [4.78, 5) is 11.7. The van der Waals surface area contributed by atoms with Crippen LogP contribution in [0.4, 0.5) is 13.2 Å². The molecule has 20 heavy (non-hydrogen) atoms. The molecule has 4 rings (SSSR count). The lowest BCUT2D eigenvalue weighted by Crippen LogP contribution is -2.53. The van der Waals surface area contributed by atoms with E-state index < -0.39 is 23.3 Å². The Morgan fingerprint density at radius 1 is 1.10 bits per heavy atom. The van der Waals surface area contributed by atoms with Crippen LogP contribution in [0.2, 0.25) is 0 Å². The normalized spacial score (nSPS) is 40.0. The minimum Gasteiger partial charge on any atom is -0.515 e. The molecule has 0 aliphatic heterocycles. The molecule has 0 radical (unpaired) electrons. The average molecular weight is 290 g/mol. The van der Waals surface area contributed by atoms with Gasteiger partial charge in [0.05, 0.1) is 6.26 Å². The van der Waals surface area contributed by atoms with Crippen LogP contribution in [0.25, 0.3) is 0 Å². The SMILES string of the molecule is O=C(OC12CC3CC(CC(C3)C1)C2)C(=CO)C(F)(F)F. The summed E-state index contributed by atoms with van der Waals surface area (Å²) in [6, 6.07) is 0. The van der Waals surface area contributed by atoms with Gasteiger partial charge in [-0.2, -0.15) is 13.2 Å². The highest BCUT2D eigenvalue weighted by Crippen LogP contribution is 2.57. The Hall–Kier alpha value is -1.20. The molecule has 4 aliphatic rings. The molecule has 4 bridgehead atoms. The van der Waals surface area contributed by atoms with Crippen molar-refractivity contribution in [1.82, 2.24) is 0 Å². The second-order valence-electron chi connectivity index (χ2n) is 6.53. The van der Waals surface area contributed by atoms with Crippen LogP contribution >= 0.6 is 0 Å². The van der Waals surface area contributed by atoms with Crippen molar-refractivity contribution >= 4 is 5.97 Å². The molecule has 0 aromatic carbocycles. The van der Waals surface area contributed by atoms with Crippen LogP contribution < -0.4 is 0 Å². The minimum absolute atomic E-state index is 0.192. The molecular weight excluding hydrogens is 273 g/mol. The molecule has 0 spiro atoms. The number of halogens is 3. The van der Waals surface area contributed by atoms with Gasteiger partial charge >= 0.3 is 12.1 Å². The van der Waals surface area contributed by atoms with E-state index in [1.807, 2.05) is 0 Å². The van der Waals surface area contributed by atoms with Crippen LogP contribution in [0.3, 0.4) is 0 Å². The van der Waals surface area contributed by atoms with Gasteiger partial charge in [0.15, 0.2) is 5.57 Å². The molecule has 6 heteroatoms. The predicted octanol–water partition coefficient (Wildman–Crippen LogP) is 3.50. The first-order valence-corrected chi connectivity index (χ1v) is 6.96. The third-order valence-electron chi connectivity index (χ3n) is 4.95. The van der Waals surface area contributed by atoms with Crippen molar-refractivity contribution in [3.63, 3.8) is 0 Å². The number of carbonyl (C=O) groups excluding carboxylic acids is 1. The summed E-state index contributed by atoms with van der Waals surface area (Å²) in [5, 5.41) is 8.66. The first-order valence-electron chi connectivity index (χ1n) is 6.96. The number of carbonyl (C=O) groups is 1. The number of hydrogen-bond acceptors (Lipinski definition) is 3. The second kappa shape index (κ2) is 4.40. The highest BCUT2D eigenvalue weighted by molar-refractivity contribution is 5.89. The van der Waals surface area contributed by atoms with Crippen molar-refractivity contribution in [1.29, 1.82) is 0 Å². The Morgan fingerprint density at radius 2 is 1.55 bits per heavy atom. The van der Waals surface area contributed by atoms with E-state index in [0.29, 0.717) is 37.0 Å². The Labute approximate surface area is 114 Å². The van der Waals surface area contributed by atoms with Crippen LogP contribution in [0.5, 0.6) is 0 Å². The maximum absolute atomic E-state index is 12.6. The van der Waals surface area contributed by atoms with E-state index in [4.69, 9.17) is 9.84 Å². The number of esters is 1. The first kappa shape index (κ1) is 13.8. The van der Waals surface area contributed by atoms with Crippen molar-refractivity contribution in [2.24, 2.45) is 17.8 Å². The molecule has 3 nitrogen and oxygen atoms in total. The molecular formula is C14H17F3O3. The number of hydrogen-bond donors (Lipinski definition) is 1. The molecule has 1 N–H and O–H groups in total. The largest absolute Gasteiger partial charge is 0.515 e. The van der Waals surface area contributed by atoms with Crippen molar-refractivity contribution in [2.75, 3.05) is 0 Å². The highest BCUT2D eigenvalue weighted by Gasteiger charge is 2.54. The summed E-state index contributed by atoms with van der Waals surface area (Å²) in [6.45, 7) is 0. The van der Waals surface area contributed by atoms with E-state index in [1.165, 1.54) is 0 Å². The number of ether oxygens (including phenoxy) is 1. The third-order valence-corrected chi connectivity index (χ3v) is 4.95. The topological polar surface area (TPSA) is 46.5 Å². The summed E-state index contributed by atoms with van der Waals surface area (Å²) in [5.41, 5.74) is -2.35. The zero-order chi connectivity index (χ0) is 14.5. The Morgan fingerprint density at radius 3 is 1.90 bits per heavy atom. The first-order chi connectivity index (χ1) is 9.31. The molecule has 0 aromatic heterocycles. The van der Waals surface area contributed by atoms with Crippen LogP contribution in [0, 0.1) is 17.8 Å². The zero-order valence-corrected chi connectivity index (χ0v) is 10.9. The number of rotatable bonds is 2. The molecule has 0 aromatic rings. The maximum Gasteiger partial charge on any atom is 0.426 e. The van der Waals surface area contributed by atoms with Gasteiger partial charge in [-0.05, 0) is 56.3 Å². The molecule has 0 heterocycles. The smallest absolute Gasteiger partial charge is 0.426 e. The van der Waals surface area contributed by atoms with Crippen molar-refractivity contribution in [3.8, 4) is 0 Å². The molecule has 0 amide bonds. The van der Waals surface area contributed by atoms with E-state index in [-0.39, 0.29) is 6.26 Å². The van der Waals surface area contributed by atoms with Crippen molar-refractivity contribution in [2.45, 2.75) is 50.3 Å². The Balaban J connectivity index is 1.76. The Bertz CT molecular complexity index is 418. The van der Waals surface area contributed by atoms with Crippen LogP contribution in [-0.4, -0.2) is 22.9 Å². The highest BCUT2D eigenvalue weighted by atomic mass is 19.4. The molecule has 0 saturated heterocycles. The van der Waals surface area contributed by atoms with Gasteiger partial charge in [0, 0.05) is 0 Å². The predicted molar refractivity (Wildman–Crippen MR) is 63.8 cm³/mol. The standard InChI is InChI=1S/C14H17F3O3/c15-14(16,17)11(7-18)12(19)20-13-4-8-1-9(5-13)3-10(2-8)6-13/h7-10,18H,1-6H2. The van der Waals surface area contributed by atoms with Gasteiger partial charge in [-0.25, -0.2) is 4.79 Å². The van der Waals surface area contributed by atoms with Gasteiger partial charge in [-0.15, -0.1) is 0 Å². The Kier molecular flexibility index (Phi) is 3.03. The monoisotopic (exact) mass is 290 g/mol. The zero-order valence-electron chi connectivity index (χ0n) is 10.9. The summed E-state index contributed by atoms with van der Waals surface area (Å²) >= 11 is 0. The van der Waals surface area contributed by atoms with Gasteiger partial charge in [-0.3, -0.25) is 0 Å². The lowest BCUT2D eigenvalue weighted by atomic mass is 9.54. The minimum atomic E-state index is -4.88. The molecule has 112 valence electrons. The second-order valence-corrected chi connectivity index (χ2v) is 6.53. The van der Waals surface area contributed by atoms with Gasteiger partial charge in [0.2, 0.25) is 0 Å². The van der Waals surface area contributed by atoms with E-state index in [2.05, 4.69) is 0 Å². The summed E-state index contributed by atoms with van der Waals surface area (Å²) in [6.07, 6.45) is 0.261. The number of alkyl halides is 3. The number of aliphatic hydroxyl groups excluding tert-OH is 1. The van der Waals surface area contributed by atoms with Crippen LogP contribution in [0.1, 0.15) is 38.5 Å². The van der Waals surface area contributed by atoms with Crippen molar-refractivity contribution < 1.29 is 27.8 Å². The summed E-state index contributed by atoms with van der Waals surface area (Å²) < 4.78 is 43.0. The number of aliphatic hydroxyl groups is 1. The lowest BCUT2D eigenvalue weighted by Gasteiger charge is -2.55. The molecule has 0 unspecified atom stereocenters. The van der Waals surface area contributed by atoms with E-state index >= 15 is 0 Å². The van der Waals surface area contributed by atoms with Crippen molar-refractivity contribution in [3.05, 3.63) is 11.8 Å². The van der Waals surface area contributed by atoms with E-state index in [0.717, 1.165) is 19.3 Å². The van der Waals surface area contributed by atoms with Gasteiger partial charge < -0.3 is 9.84 Å². The van der Waals surface area contributed by atoms with Crippen LogP contribution in [-0.2, 0) is 9.53 Å². The molecule has 4 fully saturated rings. The fourth-order valence-electron chi connectivity index (χ4n) is 4.65. The maximum atomic E-state index is 12.6. The fraction of sp³-hybridized carbons (Fsp3) is 0.786. The lowest BCUT2D eigenvalue weighted by molar-refractivity contribution is -0.189. The van der Waals surface area contributed by atoms with Crippen LogP contribution in [0.15, 0.2) is 11.8 Å². The average Bonchev–Trinajstić information content (AvgIpc) is 2.24. The molecule has 4 aliphatic carbocycles. The van der Waals surface area contributed by atoms with E-state index in [9.17, 15) is 18.0 Å². The molecule has 0 atom stereocenters. The third kappa shape index (κ3) is 2.29. The molecule has 4 saturated carbocycles. The van der Waals surface area contributed by atoms with Gasteiger partial charge in [-0.1, -0.05) is 0 Å².